The van der Waals surface area contributed by atoms with Crippen molar-refractivity contribution in [1.29, 1.82) is 0 Å². The summed E-state index contributed by atoms with van der Waals surface area (Å²) in [4.78, 5) is 15.1. The quantitative estimate of drug-likeness (QED) is 0.916. The number of aliphatic hydroxyl groups is 1. The summed E-state index contributed by atoms with van der Waals surface area (Å²) in [5.41, 5.74) is 1.29. The highest BCUT2D eigenvalue weighted by Gasteiger charge is 2.52. The van der Waals surface area contributed by atoms with Crippen molar-refractivity contribution < 1.29 is 14.6 Å². The normalized spacial score (nSPS) is 30.0. The Morgan fingerprint density at radius 2 is 2.25 bits per heavy atom. The van der Waals surface area contributed by atoms with Crippen molar-refractivity contribution in [2.24, 2.45) is 0 Å². The Morgan fingerprint density at radius 3 is 2.88 bits per heavy atom. The van der Waals surface area contributed by atoms with Crippen LogP contribution in [-0.4, -0.2) is 57.1 Å². The lowest BCUT2D eigenvalue weighted by Crippen LogP contribution is -2.53. The molecule has 1 aromatic rings. The molecule has 24 heavy (non-hydrogen) atoms. The van der Waals surface area contributed by atoms with Crippen molar-refractivity contribution in [3.8, 4) is 0 Å². The van der Waals surface area contributed by atoms with Crippen LogP contribution in [0.3, 0.4) is 0 Å². The van der Waals surface area contributed by atoms with Crippen molar-refractivity contribution in [2.75, 3.05) is 13.7 Å². The van der Waals surface area contributed by atoms with Gasteiger partial charge in [0.05, 0.1) is 23.4 Å². The van der Waals surface area contributed by atoms with E-state index in [9.17, 15) is 9.90 Å². The molecule has 134 valence electrons. The summed E-state index contributed by atoms with van der Waals surface area (Å²) in [6.07, 6.45) is 2.63. The number of carbonyl (C=O) groups excluding carboxylic acids is 1. The molecular formula is C18H29N3O3. The Kier molecular flexibility index (Phi) is 4.71. The molecule has 3 atom stereocenters. The molecule has 2 heterocycles. The number of fused-ring (bicyclic) bond motifs is 1. The van der Waals surface area contributed by atoms with Gasteiger partial charge in [-0.3, -0.25) is 9.48 Å². The van der Waals surface area contributed by atoms with Crippen LogP contribution in [0.2, 0.25) is 0 Å². The number of ether oxygens (including phenoxy) is 1. The molecule has 6 nitrogen and oxygen atoms in total. The van der Waals surface area contributed by atoms with Crippen LogP contribution in [0.15, 0.2) is 6.07 Å². The zero-order chi connectivity index (χ0) is 17.5. The van der Waals surface area contributed by atoms with Gasteiger partial charge in [-0.1, -0.05) is 13.8 Å². The Hall–Kier alpha value is -1.40. The van der Waals surface area contributed by atoms with E-state index in [1.165, 1.54) is 0 Å². The Balaban J connectivity index is 1.90. The Bertz CT molecular complexity index is 613. The predicted molar refractivity (Wildman–Crippen MR) is 91.0 cm³/mol. The smallest absolute Gasteiger partial charge is 0.272 e. The van der Waals surface area contributed by atoms with Crippen LogP contribution in [0.1, 0.15) is 68.6 Å². The van der Waals surface area contributed by atoms with Crippen molar-refractivity contribution in [3.63, 3.8) is 0 Å². The first-order chi connectivity index (χ1) is 11.4. The van der Waals surface area contributed by atoms with Gasteiger partial charge < -0.3 is 14.7 Å². The molecule has 1 saturated heterocycles. The Labute approximate surface area is 143 Å². The van der Waals surface area contributed by atoms with E-state index in [2.05, 4.69) is 18.9 Å². The number of amides is 1. The van der Waals surface area contributed by atoms with E-state index in [1.807, 2.05) is 17.9 Å². The number of nitrogens with zero attached hydrogens (tertiary/aromatic N) is 3. The van der Waals surface area contributed by atoms with Crippen LogP contribution >= 0.6 is 0 Å². The van der Waals surface area contributed by atoms with Crippen molar-refractivity contribution >= 4 is 5.91 Å². The van der Waals surface area contributed by atoms with E-state index in [1.54, 1.807) is 11.8 Å². The fourth-order valence-corrected chi connectivity index (χ4v) is 4.20. The minimum Gasteiger partial charge on any atom is -0.393 e. The Morgan fingerprint density at radius 1 is 1.50 bits per heavy atom. The first kappa shape index (κ1) is 17.4. The summed E-state index contributed by atoms with van der Waals surface area (Å²) in [6, 6.07) is 1.86. The maximum absolute atomic E-state index is 13.2. The van der Waals surface area contributed by atoms with E-state index in [0.29, 0.717) is 25.2 Å². The second-order valence-corrected chi connectivity index (χ2v) is 7.39. The lowest BCUT2D eigenvalue weighted by atomic mass is 9.79. The van der Waals surface area contributed by atoms with Gasteiger partial charge in [0.25, 0.3) is 5.91 Å². The van der Waals surface area contributed by atoms with Crippen LogP contribution in [0.5, 0.6) is 0 Å². The summed E-state index contributed by atoms with van der Waals surface area (Å²) in [6.45, 7) is 7.52. The SMILES string of the molecule is CCn1nc(C(C)C)cc1C(=O)N1CC[C@]2(OC)CC[C@@H](O)C[C@H]12. The molecule has 0 aromatic carbocycles. The number of hydrogen-bond acceptors (Lipinski definition) is 4. The molecule has 2 aliphatic rings. The minimum absolute atomic E-state index is 0.00859. The highest BCUT2D eigenvalue weighted by Crippen LogP contribution is 2.43. The molecule has 0 spiro atoms. The lowest BCUT2D eigenvalue weighted by molar-refractivity contribution is -0.0825. The molecule has 2 fully saturated rings. The number of aryl methyl sites for hydroxylation is 1. The van der Waals surface area contributed by atoms with Crippen LogP contribution in [-0.2, 0) is 11.3 Å². The van der Waals surface area contributed by atoms with Crippen molar-refractivity contribution in [1.82, 2.24) is 14.7 Å². The molecule has 1 saturated carbocycles. The van der Waals surface area contributed by atoms with Gasteiger partial charge in [-0.25, -0.2) is 0 Å². The third-order valence-corrected chi connectivity index (χ3v) is 5.73. The maximum Gasteiger partial charge on any atom is 0.272 e. The number of aromatic nitrogens is 2. The number of methoxy groups -OCH3 is 1. The van der Waals surface area contributed by atoms with Crippen molar-refractivity contribution in [3.05, 3.63) is 17.5 Å². The molecule has 1 N–H and O–H groups in total. The molecule has 3 rings (SSSR count). The molecule has 0 unspecified atom stereocenters. The van der Waals surface area contributed by atoms with Gasteiger partial charge in [-0.05, 0) is 44.6 Å². The van der Waals surface area contributed by atoms with Crippen LogP contribution < -0.4 is 0 Å². The fourth-order valence-electron chi connectivity index (χ4n) is 4.20. The van der Waals surface area contributed by atoms with E-state index in [0.717, 1.165) is 25.0 Å². The van der Waals surface area contributed by atoms with E-state index in [-0.39, 0.29) is 29.6 Å². The predicted octanol–water partition coefficient (Wildman–Crippen LogP) is 2.17. The van der Waals surface area contributed by atoms with Gasteiger partial charge in [0.15, 0.2) is 0 Å². The molecule has 0 radical (unpaired) electrons. The first-order valence-corrected chi connectivity index (χ1v) is 9.03. The second-order valence-electron chi connectivity index (χ2n) is 7.39. The maximum atomic E-state index is 13.2. The lowest BCUT2D eigenvalue weighted by Gasteiger charge is -2.42. The number of aliphatic hydroxyl groups excluding tert-OH is 1. The van der Waals surface area contributed by atoms with Crippen molar-refractivity contribution in [2.45, 2.75) is 76.7 Å². The molecule has 1 aromatic heterocycles. The van der Waals surface area contributed by atoms with E-state index < -0.39 is 0 Å². The fraction of sp³-hybridized carbons (Fsp3) is 0.778. The minimum atomic E-state index is -0.353. The number of hydrogen-bond donors (Lipinski definition) is 1. The number of carbonyl (C=O) groups is 1. The molecule has 6 heteroatoms. The highest BCUT2D eigenvalue weighted by molar-refractivity contribution is 5.93. The van der Waals surface area contributed by atoms with Gasteiger partial charge in [0.1, 0.15) is 5.69 Å². The average molecular weight is 335 g/mol. The van der Waals surface area contributed by atoms with Gasteiger partial charge in [-0.15, -0.1) is 0 Å². The molecule has 0 bridgehead atoms. The third kappa shape index (κ3) is 2.75. The molecule has 1 aliphatic heterocycles. The molecule has 1 amide bonds. The van der Waals surface area contributed by atoms with Gasteiger partial charge in [-0.2, -0.15) is 5.10 Å². The second kappa shape index (κ2) is 6.48. The molecule has 1 aliphatic carbocycles. The monoisotopic (exact) mass is 335 g/mol. The van der Waals surface area contributed by atoms with Crippen LogP contribution in [0.25, 0.3) is 0 Å². The average Bonchev–Trinajstić information content (AvgIpc) is 3.16. The summed E-state index contributed by atoms with van der Waals surface area (Å²) in [5, 5.41) is 14.7. The largest absolute Gasteiger partial charge is 0.393 e. The van der Waals surface area contributed by atoms with Crippen LogP contribution in [0, 0.1) is 0 Å². The van der Waals surface area contributed by atoms with Gasteiger partial charge >= 0.3 is 0 Å². The number of likely N-dealkylation sites (tertiary alicyclic amines) is 1. The van der Waals surface area contributed by atoms with Crippen LogP contribution in [0.4, 0.5) is 0 Å². The highest BCUT2D eigenvalue weighted by atomic mass is 16.5. The summed E-state index contributed by atoms with van der Waals surface area (Å²) in [5.74, 6) is 0.298. The summed E-state index contributed by atoms with van der Waals surface area (Å²) in [7, 11) is 1.73. The van der Waals surface area contributed by atoms with Gasteiger partial charge in [0.2, 0.25) is 0 Å². The topological polar surface area (TPSA) is 67.6 Å². The zero-order valence-electron chi connectivity index (χ0n) is 15.2. The summed E-state index contributed by atoms with van der Waals surface area (Å²) >= 11 is 0. The van der Waals surface area contributed by atoms with E-state index >= 15 is 0 Å². The summed E-state index contributed by atoms with van der Waals surface area (Å²) < 4.78 is 7.64. The first-order valence-electron chi connectivity index (χ1n) is 9.03. The molecular weight excluding hydrogens is 306 g/mol. The van der Waals surface area contributed by atoms with Gasteiger partial charge in [0, 0.05) is 20.2 Å². The zero-order valence-corrected chi connectivity index (χ0v) is 15.2. The van der Waals surface area contributed by atoms with E-state index in [4.69, 9.17) is 4.74 Å². The third-order valence-electron chi connectivity index (χ3n) is 5.73. The number of rotatable bonds is 4. The standard InChI is InChI=1S/C18H29N3O3/c1-5-21-15(11-14(19-21)12(2)3)17(23)20-9-8-18(24-4)7-6-13(22)10-16(18)20/h11-13,16,22H,5-10H2,1-4H3/t13-,16+,18-/m1/s1.